The van der Waals surface area contributed by atoms with Gasteiger partial charge >= 0.3 is 5.97 Å². The average molecular weight is 315 g/mol. The van der Waals surface area contributed by atoms with E-state index in [4.69, 9.17) is 9.52 Å². The Morgan fingerprint density at radius 2 is 1.87 bits per heavy atom. The molecule has 0 saturated carbocycles. The highest BCUT2D eigenvalue weighted by Crippen LogP contribution is 2.26. The van der Waals surface area contributed by atoms with E-state index in [2.05, 4.69) is 5.32 Å². The number of furan rings is 1. The number of hydrogen-bond acceptors (Lipinski definition) is 3. The van der Waals surface area contributed by atoms with Crippen LogP contribution < -0.4 is 5.32 Å². The number of amides is 1. The number of aromatic carboxylic acids is 1. The maximum absolute atomic E-state index is 12.5. The number of carbonyl (C=O) groups excluding carboxylic acids is 1. The van der Waals surface area contributed by atoms with Crippen molar-refractivity contribution >= 4 is 11.9 Å². The molecule has 23 heavy (non-hydrogen) atoms. The topological polar surface area (TPSA) is 79.5 Å². The van der Waals surface area contributed by atoms with E-state index in [0.717, 1.165) is 11.1 Å². The Kier molecular flexibility index (Phi) is 4.59. The van der Waals surface area contributed by atoms with Gasteiger partial charge in [-0.15, -0.1) is 0 Å². The number of carboxylic acid groups (broad SMARTS) is 1. The Balaban J connectivity index is 2.11. The quantitative estimate of drug-likeness (QED) is 0.888. The molecule has 0 aliphatic heterocycles. The lowest BCUT2D eigenvalue weighted by Gasteiger charge is -2.25. The molecule has 0 bridgehead atoms. The van der Waals surface area contributed by atoms with E-state index in [1.807, 2.05) is 45.0 Å². The third-order valence-electron chi connectivity index (χ3n) is 4.01. The highest BCUT2D eigenvalue weighted by Gasteiger charge is 2.31. The van der Waals surface area contributed by atoms with E-state index in [1.54, 1.807) is 6.92 Å². The van der Waals surface area contributed by atoms with Gasteiger partial charge in [-0.3, -0.25) is 4.79 Å². The van der Waals surface area contributed by atoms with Gasteiger partial charge in [-0.25, -0.2) is 4.79 Å². The SMILES string of the molecule is Cc1ccccc1C(C)(C)C(=O)NCc1cc(C(=O)O)c(C)o1. The van der Waals surface area contributed by atoms with Crippen LogP contribution >= 0.6 is 0 Å². The Bertz CT molecular complexity index is 743. The van der Waals surface area contributed by atoms with Gasteiger partial charge in [0.1, 0.15) is 17.1 Å². The van der Waals surface area contributed by atoms with E-state index < -0.39 is 11.4 Å². The zero-order valence-corrected chi connectivity index (χ0v) is 13.8. The van der Waals surface area contributed by atoms with Crippen LogP contribution in [0.15, 0.2) is 34.7 Å². The highest BCUT2D eigenvalue weighted by atomic mass is 16.4. The number of benzene rings is 1. The molecule has 0 saturated heterocycles. The van der Waals surface area contributed by atoms with Crippen molar-refractivity contribution in [3.8, 4) is 0 Å². The van der Waals surface area contributed by atoms with Gasteiger partial charge in [-0.2, -0.15) is 0 Å². The van der Waals surface area contributed by atoms with Crippen molar-refractivity contribution < 1.29 is 19.1 Å². The van der Waals surface area contributed by atoms with Gasteiger partial charge in [0.05, 0.1) is 12.0 Å². The monoisotopic (exact) mass is 315 g/mol. The molecule has 1 aromatic heterocycles. The second-order valence-corrected chi connectivity index (χ2v) is 6.11. The number of nitrogens with one attached hydrogen (secondary N) is 1. The lowest BCUT2D eigenvalue weighted by atomic mass is 9.81. The molecular formula is C18H21NO4. The zero-order valence-electron chi connectivity index (χ0n) is 13.8. The molecule has 0 fully saturated rings. The molecule has 0 atom stereocenters. The molecule has 0 aliphatic carbocycles. The van der Waals surface area contributed by atoms with Crippen LogP contribution in [0, 0.1) is 13.8 Å². The maximum atomic E-state index is 12.5. The summed E-state index contributed by atoms with van der Waals surface area (Å²) in [4.78, 5) is 23.6. The Hall–Kier alpha value is -2.56. The predicted octanol–water partition coefficient (Wildman–Crippen LogP) is 3.19. The fourth-order valence-electron chi connectivity index (χ4n) is 2.63. The summed E-state index contributed by atoms with van der Waals surface area (Å²) in [5.74, 6) is -0.421. The van der Waals surface area contributed by atoms with Crippen molar-refractivity contribution in [2.75, 3.05) is 0 Å². The van der Waals surface area contributed by atoms with Crippen LogP contribution in [0.1, 0.15) is 46.9 Å². The van der Waals surface area contributed by atoms with Crippen molar-refractivity contribution in [1.82, 2.24) is 5.32 Å². The van der Waals surface area contributed by atoms with Crippen molar-refractivity contribution in [3.63, 3.8) is 0 Å². The van der Waals surface area contributed by atoms with E-state index >= 15 is 0 Å². The summed E-state index contributed by atoms with van der Waals surface area (Å²) in [6, 6.07) is 9.20. The molecule has 0 aliphatic rings. The van der Waals surface area contributed by atoms with Gasteiger partial charge in [0, 0.05) is 0 Å². The molecule has 122 valence electrons. The van der Waals surface area contributed by atoms with Crippen molar-refractivity contribution in [3.05, 3.63) is 58.5 Å². The molecule has 0 radical (unpaired) electrons. The molecule has 2 N–H and O–H groups in total. The summed E-state index contributed by atoms with van der Waals surface area (Å²) < 4.78 is 5.37. The molecule has 2 rings (SSSR count). The molecule has 1 amide bonds. The standard InChI is InChI=1S/C18H21NO4/c1-11-7-5-6-8-15(11)18(3,4)17(22)19-10-13-9-14(16(20)21)12(2)23-13/h5-9H,10H2,1-4H3,(H,19,22)(H,20,21). The molecule has 0 spiro atoms. The first-order valence-corrected chi connectivity index (χ1v) is 7.40. The molecule has 1 heterocycles. The first-order chi connectivity index (χ1) is 10.7. The lowest BCUT2D eigenvalue weighted by molar-refractivity contribution is -0.125. The van der Waals surface area contributed by atoms with Crippen LogP contribution in [0.4, 0.5) is 0 Å². The Morgan fingerprint density at radius 3 is 2.43 bits per heavy atom. The summed E-state index contributed by atoms with van der Waals surface area (Å²) >= 11 is 0. The summed E-state index contributed by atoms with van der Waals surface area (Å²) in [5, 5.41) is 11.8. The fraction of sp³-hybridized carbons (Fsp3) is 0.333. The summed E-state index contributed by atoms with van der Waals surface area (Å²) in [5.41, 5.74) is 1.43. The Morgan fingerprint density at radius 1 is 1.22 bits per heavy atom. The van der Waals surface area contributed by atoms with E-state index in [1.165, 1.54) is 6.07 Å². The van der Waals surface area contributed by atoms with Gasteiger partial charge in [0.15, 0.2) is 0 Å². The van der Waals surface area contributed by atoms with Gasteiger partial charge < -0.3 is 14.8 Å². The minimum Gasteiger partial charge on any atom is -0.478 e. The number of carboxylic acids is 1. The second-order valence-electron chi connectivity index (χ2n) is 6.11. The predicted molar refractivity (Wildman–Crippen MR) is 86.5 cm³/mol. The van der Waals surface area contributed by atoms with E-state index in [0.29, 0.717) is 11.5 Å². The molecule has 0 unspecified atom stereocenters. The first-order valence-electron chi connectivity index (χ1n) is 7.40. The van der Waals surface area contributed by atoms with E-state index in [-0.39, 0.29) is 18.0 Å². The van der Waals surface area contributed by atoms with Crippen LogP contribution in [0.2, 0.25) is 0 Å². The molecule has 2 aromatic rings. The zero-order chi connectivity index (χ0) is 17.2. The minimum absolute atomic E-state index is 0.118. The summed E-state index contributed by atoms with van der Waals surface area (Å²) in [7, 11) is 0. The smallest absolute Gasteiger partial charge is 0.339 e. The third kappa shape index (κ3) is 3.44. The van der Waals surface area contributed by atoms with Crippen LogP contribution in [0.3, 0.4) is 0 Å². The van der Waals surface area contributed by atoms with Gasteiger partial charge in [0.25, 0.3) is 0 Å². The average Bonchev–Trinajstić information content (AvgIpc) is 2.86. The number of rotatable bonds is 5. The minimum atomic E-state index is -1.04. The van der Waals surface area contributed by atoms with Crippen molar-refractivity contribution in [1.29, 1.82) is 0 Å². The van der Waals surface area contributed by atoms with Crippen LogP contribution in [0.25, 0.3) is 0 Å². The third-order valence-corrected chi connectivity index (χ3v) is 4.01. The summed E-state index contributed by atoms with van der Waals surface area (Å²) in [6.07, 6.45) is 0. The molecule has 5 heteroatoms. The molecular weight excluding hydrogens is 294 g/mol. The van der Waals surface area contributed by atoms with E-state index in [9.17, 15) is 9.59 Å². The number of aryl methyl sites for hydroxylation is 2. The van der Waals surface area contributed by atoms with Gasteiger partial charge in [-0.1, -0.05) is 24.3 Å². The van der Waals surface area contributed by atoms with Crippen molar-refractivity contribution in [2.24, 2.45) is 0 Å². The lowest BCUT2D eigenvalue weighted by Crippen LogP contribution is -2.40. The second kappa shape index (κ2) is 6.28. The van der Waals surface area contributed by atoms with Gasteiger partial charge in [0.2, 0.25) is 5.91 Å². The number of carbonyl (C=O) groups is 2. The fourth-order valence-corrected chi connectivity index (χ4v) is 2.63. The highest BCUT2D eigenvalue weighted by molar-refractivity contribution is 5.89. The van der Waals surface area contributed by atoms with Crippen LogP contribution in [-0.4, -0.2) is 17.0 Å². The number of hydrogen-bond donors (Lipinski definition) is 2. The largest absolute Gasteiger partial charge is 0.478 e. The molecule has 1 aromatic carbocycles. The summed E-state index contributed by atoms with van der Waals surface area (Å²) in [6.45, 7) is 7.44. The van der Waals surface area contributed by atoms with Crippen LogP contribution in [0.5, 0.6) is 0 Å². The first kappa shape index (κ1) is 16.8. The van der Waals surface area contributed by atoms with Gasteiger partial charge in [-0.05, 0) is 44.9 Å². The normalized spacial score (nSPS) is 11.3. The Labute approximate surface area is 135 Å². The maximum Gasteiger partial charge on any atom is 0.339 e. The van der Waals surface area contributed by atoms with Crippen LogP contribution in [-0.2, 0) is 16.8 Å². The molecule has 5 nitrogen and oxygen atoms in total. The van der Waals surface area contributed by atoms with Crippen molar-refractivity contribution in [2.45, 2.75) is 39.7 Å².